The number of benzene rings is 1. The molecule has 0 bridgehead atoms. The van der Waals surface area contributed by atoms with E-state index in [4.69, 9.17) is 0 Å². The first-order valence-electron chi connectivity index (χ1n) is 4.77. The van der Waals surface area contributed by atoms with Crippen molar-refractivity contribution in [2.75, 3.05) is 5.32 Å². The lowest BCUT2D eigenvalue weighted by atomic mass is 10.2. The molecule has 0 atom stereocenters. The Bertz CT molecular complexity index is 285. The molecule has 0 spiro atoms. The summed E-state index contributed by atoms with van der Waals surface area (Å²) < 4.78 is 1.09. The van der Waals surface area contributed by atoms with E-state index in [1.165, 1.54) is 5.56 Å². The number of allylic oxidation sites excluding steroid dienone is 1. The molecule has 2 heteroatoms. The van der Waals surface area contributed by atoms with Crippen molar-refractivity contribution in [2.45, 2.75) is 27.7 Å². The van der Waals surface area contributed by atoms with Gasteiger partial charge in [-0.25, -0.2) is 0 Å². The fraction of sp³-hybridized carbons (Fsp3) is 0.333. The third-order valence-corrected chi connectivity index (χ3v) is 1.86. The SMILES string of the molecule is C=C(C)Nc1cc(C)cc(Br)c1.CC. The van der Waals surface area contributed by atoms with Crippen molar-refractivity contribution in [1.29, 1.82) is 0 Å². The van der Waals surface area contributed by atoms with Crippen molar-refractivity contribution in [2.24, 2.45) is 0 Å². The van der Waals surface area contributed by atoms with Gasteiger partial charge in [-0.05, 0) is 37.6 Å². The molecular formula is C12H18BrN. The largest absolute Gasteiger partial charge is 0.360 e. The predicted molar refractivity (Wildman–Crippen MR) is 68.7 cm³/mol. The molecule has 0 heterocycles. The average molecular weight is 256 g/mol. The smallest absolute Gasteiger partial charge is 0.0395 e. The van der Waals surface area contributed by atoms with Gasteiger partial charge in [0, 0.05) is 15.9 Å². The van der Waals surface area contributed by atoms with Crippen LogP contribution in [0, 0.1) is 6.92 Å². The van der Waals surface area contributed by atoms with Crippen LogP contribution in [0.3, 0.4) is 0 Å². The lowest BCUT2D eigenvalue weighted by molar-refractivity contribution is 1.36. The average Bonchev–Trinajstić information content (AvgIpc) is 2.04. The summed E-state index contributed by atoms with van der Waals surface area (Å²) in [4.78, 5) is 0. The van der Waals surface area contributed by atoms with Gasteiger partial charge in [0.05, 0.1) is 0 Å². The Morgan fingerprint density at radius 1 is 1.29 bits per heavy atom. The molecule has 0 aliphatic rings. The minimum absolute atomic E-state index is 0.951. The Balaban J connectivity index is 0.000000791. The number of anilines is 1. The van der Waals surface area contributed by atoms with Crippen molar-refractivity contribution in [3.63, 3.8) is 0 Å². The van der Waals surface area contributed by atoms with Crippen molar-refractivity contribution in [1.82, 2.24) is 0 Å². The highest BCUT2D eigenvalue weighted by Gasteiger charge is 1.94. The second kappa shape index (κ2) is 6.66. The van der Waals surface area contributed by atoms with Crippen LogP contribution in [0.2, 0.25) is 0 Å². The van der Waals surface area contributed by atoms with Gasteiger partial charge >= 0.3 is 0 Å². The van der Waals surface area contributed by atoms with Gasteiger partial charge in [0.15, 0.2) is 0 Å². The number of hydrogen-bond acceptors (Lipinski definition) is 1. The van der Waals surface area contributed by atoms with Crippen LogP contribution >= 0.6 is 15.9 Å². The summed E-state index contributed by atoms with van der Waals surface area (Å²) in [5, 5.41) is 3.16. The van der Waals surface area contributed by atoms with Crippen molar-refractivity contribution >= 4 is 21.6 Å². The Morgan fingerprint density at radius 2 is 1.86 bits per heavy atom. The Labute approximate surface area is 95.4 Å². The normalized spacial score (nSPS) is 8.64. The van der Waals surface area contributed by atoms with E-state index in [1.54, 1.807) is 0 Å². The van der Waals surface area contributed by atoms with E-state index in [2.05, 4.69) is 46.9 Å². The van der Waals surface area contributed by atoms with E-state index in [9.17, 15) is 0 Å². The maximum atomic E-state index is 3.78. The summed E-state index contributed by atoms with van der Waals surface area (Å²) >= 11 is 3.43. The van der Waals surface area contributed by atoms with E-state index in [-0.39, 0.29) is 0 Å². The van der Waals surface area contributed by atoms with Crippen LogP contribution in [-0.2, 0) is 0 Å². The van der Waals surface area contributed by atoms with Gasteiger partial charge in [-0.3, -0.25) is 0 Å². The summed E-state index contributed by atoms with van der Waals surface area (Å²) in [5.41, 5.74) is 3.26. The number of hydrogen-bond donors (Lipinski definition) is 1. The van der Waals surface area contributed by atoms with Crippen molar-refractivity contribution < 1.29 is 0 Å². The first-order valence-corrected chi connectivity index (χ1v) is 5.57. The monoisotopic (exact) mass is 255 g/mol. The lowest BCUT2D eigenvalue weighted by Gasteiger charge is -2.06. The summed E-state index contributed by atoms with van der Waals surface area (Å²) in [5.74, 6) is 0. The second-order valence-electron chi connectivity index (χ2n) is 2.92. The molecule has 1 N–H and O–H groups in total. The molecule has 0 saturated carbocycles. The standard InChI is InChI=1S/C10H12BrN.C2H6/c1-7(2)12-10-5-8(3)4-9(11)6-10;1-2/h4-6,12H,1H2,2-3H3;1-2H3. The molecule has 1 nitrogen and oxygen atoms in total. The third kappa shape index (κ3) is 5.07. The quantitative estimate of drug-likeness (QED) is 0.806. The highest BCUT2D eigenvalue weighted by Crippen LogP contribution is 2.19. The molecule has 14 heavy (non-hydrogen) atoms. The fourth-order valence-corrected chi connectivity index (χ4v) is 1.66. The lowest BCUT2D eigenvalue weighted by Crippen LogP contribution is -1.93. The molecule has 0 amide bonds. The molecule has 1 aromatic carbocycles. The summed E-state index contributed by atoms with van der Waals surface area (Å²) in [6, 6.07) is 6.19. The molecule has 0 aliphatic heterocycles. The van der Waals surface area contributed by atoms with Gasteiger partial charge in [-0.2, -0.15) is 0 Å². The van der Waals surface area contributed by atoms with E-state index >= 15 is 0 Å². The van der Waals surface area contributed by atoms with Crippen LogP contribution in [-0.4, -0.2) is 0 Å². The molecular weight excluding hydrogens is 238 g/mol. The minimum atomic E-state index is 0.951. The molecule has 0 unspecified atom stereocenters. The third-order valence-electron chi connectivity index (χ3n) is 1.40. The van der Waals surface area contributed by atoms with Gasteiger partial charge in [0.1, 0.15) is 0 Å². The maximum absolute atomic E-state index is 3.78. The van der Waals surface area contributed by atoms with Crippen molar-refractivity contribution in [3.8, 4) is 0 Å². The first kappa shape index (κ1) is 13.2. The molecule has 0 radical (unpaired) electrons. The van der Waals surface area contributed by atoms with Crippen LogP contribution in [0.5, 0.6) is 0 Å². The first-order chi connectivity index (χ1) is 6.58. The van der Waals surface area contributed by atoms with Gasteiger partial charge in [-0.15, -0.1) is 0 Å². The van der Waals surface area contributed by atoms with E-state index in [0.29, 0.717) is 0 Å². The molecule has 1 rings (SSSR count). The Kier molecular flexibility index (Phi) is 6.30. The number of halogens is 1. The zero-order chi connectivity index (χ0) is 11.1. The van der Waals surface area contributed by atoms with E-state index < -0.39 is 0 Å². The van der Waals surface area contributed by atoms with Gasteiger partial charge in [0.2, 0.25) is 0 Å². The van der Waals surface area contributed by atoms with Crippen LogP contribution in [0.25, 0.3) is 0 Å². The highest BCUT2D eigenvalue weighted by molar-refractivity contribution is 9.10. The zero-order valence-electron chi connectivity index (χ0n) is 9.32. The van der Waals surface area contributed by atoms with Crippen LogP contribution in [0.4, 0.5) is 5.69 Å². The van der Waals surface area contributed by atoms with Crippen LogP contribution in [0.15, 0.2) is 34.9 Å². The molecule has 0 aliphatic carbocycles. The Hall–Kier alpha value is -0.760. The molecule has 0 saturated heterocycles. The van der Waals surface area contributed by atoms with Gasteiger partial charge < -0.3 is 5.32 Å². The number of aryl methyl sites for hydroxylation is 1. The van der Waals surface area contributed by atoms with E-state index in [1.807, 2.05) is 26.8 Å². The molecule has 1 aromatic rings. The number of nitrogens with one attached hydrogen (secondary N) is 1. The zero-order valence-corrected chi connectivity index (χ0v) is 10.9. The maximum Gasteiger partial charge on any atom is 0.0395 e. The predicted octanol–water partition coefficient (Wildman–Crippen LogP) is 4.73. The summed E-state index contributed by atoms with van der Waals surface area (Å²) in [6.45, 7) is 11.8. The minimum Gasteiger partial charge on any atom is -0.360 e. The molecule has 0 aromatic heterocycles. The van der Waals surface area contributed by atoms with Gasteiger partial charge in [0.25, 0.3) is 0 Å². The van der Waals surface area contributed by atoms with Crippen LogP contribution in [0.1, 0.15) is 26.3 Å². The molecule has 78 valence electrons. The van der Waals surface area contributed by atoms with Crippen LogP contribution < -0.4 is 5.32 Å². The molecule has 0 fully saturated rings. The number of rotatable bonds is 2. The second-order valence-corrected chi connectivity index (χ2v) is 3.84. The highest BCUT2D eigenvalue weighted by atomic mass is 79.9. The fourth-order valence-electron chi connectivity index (χ4n) is 1.05. The van der Waals surface area contributed by atoms with E-state index in [0.717, 1.165) is 15.9 Å². The summed E-state index contributed by atoms with van der Waals surface area (Å²) in [7, 11) is 0. The Morgan fingerprint density at radius 3 is 2.29 bits per heavy atom. The summed E-state index contributed by atoms with van der Waals surface area (Å²) in [6.07, 6.45) is 0. The van der Waals surface area contributed by atoms with Gasteiger partial charge in [-0.1, -0.05) is 36.4 Å². The van der Waals surface area contributed by atoms with Crippen molar-refractivity contribution in [3.05, 3.63) is 40.5 Å². The topological polar surface area (TPSA) is 12.0 Å².